The van der Waals surface area contributed by atoms with Gasteiger partial charge in [-0.3, -0.25) is 9.36 Å². The molecule has 0 saturated carbocycles. The van der Waals surface area contributed by atoms with Crippen LogP contribution in [0.2, 0.25) is 0 Å². The van der Waals surface area contributed by atoms with Gasteiger partial charge in [-0.25, -0.2) is 0 Å². The molecule has 0 saturated heterocycles. The lowest BCUT2D eigenvalue weighted by Crippen LogP contribution is -2.15. The lowest BCUT2D eigenvalue weighted by atomic mass is 10.2. The summed E-state index contributed by atoms with van der Waals surface area (Å²) in [7, 11) is 1.64. The van der Waals surface area contributed by atoms with Crippen LogP contribution in [0.15, 0.2) is 84.0 Å². The highest BCUT2D eigenvalue weighted by Crippen LogP contribution is 2.26. The minimum absolute atomic E-state index is 0.0955. The Hall–Kier alpha value is -3.78. The number of thioether (sulfide) groups is 1. The van der Waals surface area contributed by atoms with Crippen molar-refractivity contribution in [3.05, 3.63) is 90.3 Å². The molecule has 4 rings (SSSR count). The molecule has 0 aliphatic carbocycles. The lowest BCUT2D eigenvalue weighted by Gasteiger charge is -2.13. The Morgan fingerprint density at radius 1 is 1.00 bits per heavy atom. The van der Waals surface area contributed by atoms with Gasteiger partial charge in [0.2, 0.25) is 5.91 Å². The van der Waals surface area contributed by atoms with Gasteiger partial charge in [0, 0.05) is 11.4 Å². The molecular formula is C25H25N5O2S. The molecule has 0 aliphatic rings. The van der Waals surface area contributed by atoms with Crippen LogP contribution in [0.5, 0.6) is 5.75 Å². The lowest BCUT2D eigenvalue weighted by molar-refractivity contribution is -0.113. The van der Waals surface area contributed by atoms with E-state index in [1.807, 2.05) is 90.4 Å². The number of carbonyl (C=O) groups is 1. The van der Waals surface area contributed by atoms with Crippen molar-refractivity contribution >= 4 is 29.0 Å². The van der Waals surface area contributed by atoms with E-state index in [1.165, 1.54) is 11.8 Å². The Morgan fingerprint density at radius 3 is 2.58 bits per heavy atom. The zero-order valence-corrected chi connectivity index (χ0v) is 19.3. The molecule has 0 unspecified atom stereocenters. The van der Waals surface area contributed by atoms with Gasteiger partial charge in [0.15, 0.2) is 11.0 Å². The molecule has 3 aromatic carbocycles. The molecule has 1 heterocycles. The summed E-state index contributed by atoms with van der Waals surface area (Å²) in [6.45, 7) is 2.44. The number of benzene rings is 3. The number of hydrogen-bond donors (Lipinski definition) is 2. The molecule has 0 aliphatic heterocycles. The number of ether oxygens (including phenoxy) is 1. The molecule has 0 atom stereocenters. The van der Waals surface area contributed by atoms with Gasteiger partial charge in [-0.05, 0) is 48.9 Å². The summed E-state index contributed by atoms with van der Waals surface area (Å²) < 4.78 is 7.39. The van der Waals surface area contributed by atoms with E-state index in [0.29, 0.717) is 11.7 Å². The maximum absolute atomic E-state index is 12.5. The monoisotopic (exact) mass is 459 g/mol. The number of carbonyl (C=O) groups excluding carboxylic acids is 1. The third kappa shape index (κ3) is 5.72. The fourth-order valence-electron chi connectivity index (χ4n) is 3.36. The first-order valence-electron chi connectivity index (χ1n) is 10.5. The van der Waals surface area contributed by atoms with E-state index < -0.39 is 0 Å². The van der Waals surface area contributed by atoms with Gasteiger partial charge < -0.3 is 15.4 Å². The van der Waals surface area contributed by atoms with E-state index >= 15 is 0 Å². The van der Waals surface area contributed by atoms with Gasteiger partial charge in [-0.2, -0.15) is 0 Å². The molecule has 1 amide bonds. The van der Waals surface area contributed by atoms with Crippen LogP contribution in [0, 0.1) is 6.92 Å². The number of aryl methyl sites for hydroxylation is 1. The number of rotatable bonds is 9. The van der Waals surface area contributed by atoms with Crippen LogP contribution < -0.4 is 15.4 Å². The molecule has 4 aromatic rings. The van der Waals surface area contributed by atoms with Crippen molar-refractivity contribution < 1.29 is 9.53 Å². The Balaban J connectivity index is 1.50. The smallest absolute Gasteiger partial charge is 0.234 e. The van der Waals surface area contributed by atoms with Crippen LogP contribution in [0.1, 0.15) is 11.4 Å². The number of nitrogens with one attached hydrogen (secondary N) is 2. The van der Waals surface area contributed by atoms with Gasteiger partial charge in [0.05, 0.1) is 25.1 Å². The van der Waals surface area contributed by atoms with Crippen molar-refractivity contribution in [1.29, 1.82) is 0 Å². The first-order chi connectivity index (χ1) is 16.1. The maximum atomic E-state index is 12.5. The Morgan fingerprint density at radius 2 is 1.79 bits per heavy atom. The Bertz CT molecular complexity index is 1230. The van der Waals surface area contributed by atoms with Gasteiger partial charge >= 0.3 is 0 Å². The number of hydrogen-bond acceptors (Lipinski definition) is 6. The summed E-state index contributed by atoms with van der Waals surface area (Å²) in [5.74, 6) is 1.61. The fourth-order valence-corrected chi connectivity index (χ4v) is 4.13. The van der Waals surface area contributed by atoms with Crippen LogP contribution in [0.3, 0.4) is 0 Å². The SMILES string of the molecule is COc1ccccc1NCc1nnc(SCC(=O)Nc2cccc(C)c2)n1-c1ccccc1. The second-order valence-electron chi connectivity index (χ2n) is 7.33. The fraction of sp³-hybridized carbons (Fsp3) is 0.160. The summed E-state index contributed by atoms with van der Waals surface area (Å²) in [5.41, 5.74) is 3.68. The van der Waals surface area contributed by atoms with Crippen molar-refractivity contribution in [3.63, 3.8) is 0 Å². The Labute approximate surface area is 197 Å². The van der Waals surface area contributed by atoms with Crippen LogP contribution in [0.4, 0.5) is 11.4 Å². The molecule has 0 spiro atoms. The van der Waals surface area contributed by atoms with Gasteiger partial charge in [-0.1, -0.05) is 54.2 Å². The maximum Gasteiger partial charge on any atom is 0.234 e. The molecule has 7 nitrogen and oxygen atoms in total. The standard InChI is InChI=1S/C25H25N5O2S/c1-18-9-8-10-19(15-18)27-24(31)17-33-25-29-28-23(30(25)20-11-4-3-5-12-20)16-26-21-13-6-7-14-22(21)32-2/h3-15,26H,16-17H2,1-2H3,(H,27,31). The van der Waals surface area contributed by atoms with E-state index in [4.69, 9.17) is 4.74 Å². The van der Waals surface area contributed by atoms with Crippen molar-refractivity contribution in [2.75, 3.05) is 23.5 Å². The average Bonchev–Trinajstić information content (AvgIpc) is 3.25. The molecule has 8 heteroatoms. The molecule has 0 radical (unpaired) electrons. The van der Waals surface area contributed by atoms with E-state index in [9.17, 15) is 4.79 Å². The quantitative estimate of drug-likeness (QED) is 0.346. The van der Waals surface area contributed by atoms with Gasteiger partial charge in [0.1, 0.15) is 5.75 Å². The molecule has 2 N–H and O–H groups in total. The highest BCUT2D eigenvalue weighted by Gasteiger charge is 2.16. The molecule has 1 aromatic heterocycles. The van der Waals surface area contributed by atoms with E-state index in [-0.39, 0.29) is 11.7 Å². The van der Waals surface area contributed by atoms with Crippen LogP contribution >= 0.6 is 11.8 Å². The van der Waals surface area contributed by atoms with Crippen molar-refractivity contribution in [2.24, 2.45) is 0 Å². The average molecular weight is 460 g/mol. The number of anilines is 2. The van der Waals surface area contributed by atoms with Crippen molar-refractivity contribution in [1.82, 2.24) is 14.8 Å². The molecule has 168 valence electrons. The number of nitrogens with zero attached hydrogens (tertiary/aromatic N) is 3. The molecular weight excluding hydrogens is 434 g/mol. The second-order valence-corrected chi connectivity index (χ2v) is 8.27. The number of para-hydroxylation sites is 3. The minimum atomic E-state index is -0.0955. The van der Waals surface area contributed by atoms with Crippen LogP contribution in [-0.4, -0.2) is 33.5 Å². The highest BCUT2D eigenvalue weighted by atomic mass is 32.2. The number of aromatic nitrogens is 3. The zero-order chi connectivity index (χ0) is 23.0. The van der Waals surface area contributed by atoms with Gasteiger partial charge in [-0.15, -0.1) is 10.2 Å². The third-order valence-corrected chi connectivity index (χ3v) is 5.82. The van der Waals surface area contributed by atoms with Crippen LogP contribution in [0.25, 0.3) is 5.69 Å². The van der Waals surface area contributed by atoms with Crippen LogP contribution in [-0.2, 0) is 11.3 Å². The Kier molecular flexibility index (Phi) is 7.26. The minimum Gasteiger partial charge on any atom is -0.495 e. The van der Waals surface area contributed by atoms with E-state index in [1.54, 1.807) is 7.11 Å². The first kappa shape index (κ1) is 22.4. The number of methoxy groups -OCH3 is 1. The predicted molar refractivity (Wildman–Crippen MR) is 132 cm³/mol. The summed E-state index contributed by atoms with van der Waals surface area (Å²) >= 11 is 1.35. The summed E-state index contributed by atoms with van der Waals surface area (Å²) in [4.78, 5) is 12.5. The predicted octanol–water partition coefficient (Wildman–Crippen LogP) is 4.93. The van der Waals surface area contributed by atoms with E-state index in [2.05, 4.69) is 20.8 Å². The van der Waals surface area contributed by atoms with Crippen molar-refractivity contribution in [3.8, 4) is 11.4 Å². The van der Waals surface area contributed by atoms with Gasteiger partial charge in [0.25, 0.3) is 0 Å². The molecule has 0 fully saturated rings. The number of amides is 1. The van der Waals surface area contributed by atoms with Crippen molar-refractivity contribution in [2.45, 2.75) is 18.6 Å². The summed E-state index contributed by atoms with van der Waals surface area (Å²) in [6, 6.07) is 25.3. The van der Waals surface area contributed by atoms with E-state index in [0.717, 1.165) is 34.2 Å². The first-order valence-corrected chi connectivity index (χ1v) is 11.5. The summed E-state index contributed by atoms with van der Waals surface area (Å²) in [5, 5.41) is 15.7. The highest BCUT2D eigenvalue weighted by molar-refractivity contribution is 7.99. The topological polar surface area (TPSA) is 81.1 Å². The molecule has 0 bridgehead atoms. The second kappa shape index (κ2) is 10.7. The normalized spacial score (nSPS) is 10.6. The molecule has 33 heavy (non-hydrogen) atoms. The zero-order valence-electron chi connectivity index (χ0n) is 18.5. The summed E-state index contributed by atoms with van der Waals surface area (Å²) in [6.07, 6.45) is 0. The third-order valence-electron chi connectivity index (χ3n) is 4.89. The largest absolute Gasteiger partial charge is 0.495 e.